The summed E-state index contributed by atoms with van der Waals surface area (Å²) in [6.45, 7) is 4.32. The number of hydrogen-bond donors (Lipinski definition) is 1. The summed E-state index contributed by atoms with van der Waals surface area (Å²) in [7, 11) is 0. The van der Waals surface area contributed by atoms with E-state index in [1.807, 2.05) is 11.8 Å². The van der Waals surface area contributed by atoms with Gasteiger partial charge < -0.3 is 5.32 Å². The van der Waals surface area contributed by atoms with E-state index in [2.05, 4.69) is 53.3 Å². The first-order valence-electron chi connectivity index (χ1n) is 6.26. The van der Waals surface area contributed by atoms with Gasteiger partial charge in [0.2, 0.25) is 0 Å². The fourth-order valence-corrected chi connectivity index (χ4v) is 3.38. The van der Waals surface area contributed by atoms with Crippen LogP contribution in [0.3, 0.4) is 0 Å². The molecule has 2 aromatic rings. The molecule has 1 heterocycles. The van der Waals surface area contributed by atoms with Crippen LogP contribution in [0, 0.1) is 6.92 Å². The molecule has 0 aliphatic carbocycles. The fraction of sp³-hybridized carbons (Fsp3) is 0.333. The van der Waals surface area contributed by atoms with E-state index < -0.39 is 0 Å². The molecular formula is C15H19NS2. The van der Waals surface area contributed by atoms with E-state index in [0.717, 1.165) is 25.3 Å². The monoisotopic (exact) mass is 277 g/mol. The molecule has 0 aliphatic heterocycles. The van der Waals surface area contributed by atoms with E-state index in [1.54, 1.807) is 11.3 Å². The van der Waals surface area contributed by atoms with Crippen LogP contribution < -0.4 is 5.32 Å². The molecule has 0 saturated carbocycles. The molecule has 18 heavy (non-hydrogen) atoms. The Kier molecular flexibility index (Phi) is 5.78. The maximum atomic E-state index is 3.50. The van der Waals surface area contributed by atoms with Gasteiger partial charge >= 0.3 is 0 Å². The van der Waals surface area contributed by atoms with Crippen LogP contribution in [0.25, 0.3) is 0 Å². The molecule has 3 heteroatoms. The number of rotatable bonds is 7. The summed E-state index contributed by atoms with van der Waals surface area (Å²) < 4.78 is 0. The number of nitrogens with one attached hydrogen (secondary N) is 1. The van der Waals surface area contributed by atoms with Gasteiger partial charge in [0.1, 0.15) is 0 Å². The van der Waals surface area contributed by atoms with Crippen molar-refractivity contribution in [1.29, 1.82) is 0 Å². The van der Waals surface area contributed by atoms with E-state index in [4.69, 9.17) is 0 Å². The van der Waals surface area contributed by atoms with Gasteiger partial charge in [-0.05, 0) is 53.9 Å². The lowest BCUT2D eigenvalue weighted by atomic mass is 10.2. The predicted octanol–water partition coefficient (Wildman–Crippen LogP) is 3.98. The molecule has 0 fully saturated rings. The third-order valence-electron chi connectivity index (χ3n) is 2.80. The van der Waals surface area contributed by atoms with Crippen LogP contribution in [0.4, 0.5) is 0 Å². The summed E-state index contributed by atoms with van der Waals surface area (Å²) in [4.78, 5) is 1.40. The Morgan fingerprint density at radius 2 is 2.06 bits per heavy atom. The first-order valence-corrected chi connectivity index (χ1v) is 8.19. The summed E-state index contributed by atoms with van der Waals surface area (Å²) >= 11 is 3.71. The van der Waals surface area contributed by atoms with Crippen molar-refractivity contribution in [3.8, 4) is 0 Å². The number of benzene rings is 1. The van der Waals surface area contributed by atoms with Gasteiger partial charge in [0.05, 0.1) is 0 Å². The summed E-state index contributed by atoms with van der Waals surface area (Å²) in [5, 5.41) is 7.87. The second-order valence-electron chi connectivity index (χ2n) is 4.25. The molecule has 0 unspecified atom stereocenters. The molecule has 96 valence electrons. The number of aryl methyl sites for hydroxylation is 1. The first-order chi connectivity index (χ1) is 8.86. The molecule has 0 amide bonds. The molecule has 0 saturated heterocycles. The van der Waals surface area contributed by atoms with E-state index in [9.17, 15) is 0 Å². The largest absolute Gasteiger partial charge is 0.316 e. The van der Waals surface area contributed by atoms with Crippen LogP contribution in [0.15, 0.2) is 46.0 Å². The normalized spacial score (nSPS) is 10.7. The highest BCUT2D eigenvalue weighted by molar-refractivity contribution is 7.99. The van der Waals surface area contributed by atoms with E-state index >= 15 is 0 Å². The Bertz CT molecular complexity index is 451. The van der Waals surface area contributed by atoms with Crippen LogP contribution in [0.5, 0.6) is 0 Å². The summed E-state index contributed by atoms with van der Waals surface area (Å²) in [5.41, 5.74) is 2.82. The van der Waals surface area contributed by atoms with Gasteiger partial charge in [-0.15, -0.1) is 11.8 Å². The first kappa shape index (κ1) is 13.7. The van der Waals surface area contributed by atoms with Gasteiger partial charge in [-0.1, -0.05) is 18.2 Å². The quantitative estimate of drug-likeness (QED) is 0.607. The Morgan fingerprint density at radius 1 is 1.17 bits per heavy atom. The molecule has 0 spiro atoms. The molecule has 1 aromatic carbocycles. The lowest BCUT2D eigenvalue weighted by Gasteiger charge is -2.06. The van der Waals surface area contributed by atoms with Crippen LogP contribution in [-0.2, 0) is 6.42 Å². The summed E-state index contributed by atoms with van der Waals surface area (Å²) in [5.74, 6) is 1.13. The van der Waals surface area contributed by atoms with Crippen LogP contribution in [0.1, 0.15) is 11.1 Å². The van der Waals surface area contributed by atoms with Crippen LogP contribution in [0.2, 0.25) is 0 Å². The van der Waals surface area contributed by atoms with Crippen molar-refractivity contribution in [3.05, 3.63) is 52.2 Å². The lowest BCUT2D eigenvalue weighted by Crippen LogP contribution is -2.19. The van der Waals surface area contributed by atoms with Gasteiger partial charge in [0.15, 0.2) is 0 Å². The zero-order valence-corrected chi connectivity index (χ0v) is 12.3. The van der Waals surface area contributed by atoms with Crippen molar-refractivity contribution in [2.45, 2.75) is 18.2 Å². The number of thioether (sulfide) groups is 1. The molecule has 1 aromatic heterocycles. The highest BCUT2D eigenvalue weighted by atomic mass is 32.2. The average molecular weight is 277 g/mol. The van der Waals surface area contributed by atoms with Gasteiger partial charge in [-0.2, -0.15) is 11.3 Å². The molecule has 1 N–H and O–H groups in total. The zero-order valence-electron chi connectivity index (χ0n) is 10.7. The van der Waals surface area contributed by atoms with Crippen molar-refractivity contribution in [2.24, 2.45) is 0 Å². The third kappa shape index (κ3) is 4.48. The van der Waals surface area contributed by atoms with Gasteiger partial charge in [-0.25, -0.2) is 0 Å². The van der Waals surface area contributed by atoms with Crippen LogP contribution >= 0.6 is 23.1 Å². The van der Waals surface area contributed by atoms with E-state index in [1.165, 1.54) is 16.0 Å². The Balaban J connectivity index is 1.58. The number of thiophene rings is 1. The fourth-order valence-electron chi connectivity index (χ4n) is 1.74. The molecule has 0 radical (unpaired) electrons. The predicted molar refractivity (Wildman–Crippen MR) is 82.8 cm³/mol. The Labute approximate surface area is 118 Å². The van der Waals surface area contributed by atoms with Gasteiger partial charge in [-0.3, -0.25) is 0 Å². The average Bonchev–Trinajstić information content (AvgIpc) is 2.89. The number of hydrogen-bond acceptors (Lipinski definition) is 3. The standard InChI is InChI=1S/C15H19NS2/c1-13-4-2-3-5-15(13)18-11-9-16-8-6-14-7-10-17-12-14/h2-5,7,10,12,16H,6,8-9,11H2,1H3. The van der Waals surface area contributed by atoms with Crippen molar-refractivity contribution in [1.82, 2.24) is 5.32 Å². The van der Waals surface area contributed by atoms with Crippen LogP contribution in [-0.4, -0.2) is 18.8 Å². The third-order valence-corrected chi connectivity index (χ3v) is 4.71. The van der Waals surface area contributed by atoms with Crippen molar-refractivity contribution >= 4 is 23.1 Å². The molecule has 2 rings (SSSR count). The topological polar surface area (TPSA) is 12.0 Å². The van der Waals surface area contributed by atoms with E-state index in [0.29, 0.717) is 0 Å². The van der Waals surface area contributed by atoms with Crippen molar-refractivity contribution in [3.63, 3.8) is 0 Å². The van der Waals surface area contributed by atoms with Gasteiger partial charge in [0, 0.05) is 17.2 Å². The minimum Gasteiger partial charge on any atom is -0.316 e. The summed E-state index contributed by atoms with van der Waals surface area (Å²) in [6.07, 6.45) is 1.14. The Hall–Kier alpha value is -0.770. The maximum absolute atomic E-state index is 3.50. The zero-order chi connectivity index (χ0) is 12.6. The highest BCUT2D eigenvalue weighted by Crippen LogP contribution is 2.20. The van der Waals surface area contributed by atoms with Crippen molar-refractivity contribution < 1.29 is 0 Å². The SMILES string of the molecule is Cc1ccccc1SCCNCCc1ccsc1. The molecular weight excluding hydrogens is 258 g/mol. The maximum Gasteiger partial charge on any atom is 0.0106 e. The molecule has 0 aliphatic rings. The Morgan fingerprint density at radius 3 is 2.83 bits per heavy atom. The highest BCUT2D eigenvalue weighted by Gasteiger charge is 1.97. The van der Waals surface area contributed by atoms with Gasteiger partial charge in [0.25, 0.3) is 0 Å². The lowest BCUT2D eigenvalue weighted by molar-refractivity contribution is 0.722. The second kappa shape index (κ2) is 7.62. The molecule has 0 bridgehead atoms. The molecule has 0 atom stereocenters. The van der Waals surface area contributed by atoms with E-state index in [-0.39, 0.29) is 0 Å². The summed E-state index contributed by atoms with van der Waals surface area (Å²) in [6, 6.07) is 10.8. The minimum atomic E-state index is 1.07. The van der Waals surface area contributed by atoms with Crippen molar-refractivity contribution in [2.75, 3.05) is 18.8 Å². The minimum absolute atomic E-state index is 1.07. The molecule has 1 nitrogen and oxygen atoms in total. The second-order valence-corrected chi connectivity index (χ2v) is 6.16. The smallest absolute Gasteiger partial charge is 0.0106 e.